The van der Waals surface area contributed by atoms with Crippen molar-refractivity contribution in [3.63, 3.8) is 0 Å². The Morgan fingerprint density at radius 2 is 2.40 bits per heavy atom. The third-order valence-electron chi connectivity index (χ3n) is 1.50. The second-order valence-electron chi connectivity index (χ2n) is 2.44. The maximum Gasteiger partial charge on any atom is 0.343 e. The van der Waals surface area contributed by atoms with Crippen LogP contribution in [0.5, 0.6) is 0 Å². The zero-order chi connectivity index (χ0) is 7.72. The van der Waals surface area contributed by atoms with Crippen LogP contribution in [-0.2, 0) is 9.63 Å². The summed E-state index contributed by atoms with van der Waals surface area (Å²) in [6.45, 7) is 3.51. The van der Waals surface area contributed by atoms with Crippen molar-refractivity contribution in [2.45, 2.75) is 19.9 Å². The Morgan fingerprint density at radius 3 is 2.60 bits per heavy atom. The van der Waals surface area contributed by atoms with Crippen LogP contribution in [0, 0.1) is 5.92 Å². The highest BCUT2D eigenvalue weighted by atomic mass is 16.7. The molecular formula is C6H10N2O2. The highest BCUT2D eigenvalue weighted by Crippen LogP contribution is 2.12. The molecule has 56 valence electrons. The van der Waals surface area contributed by atoms with Crippen molar-refractivity contribution in [1.29, 1.82) is 0 Å². The van der Waals surface area contributed by atoms with Crippen LogP contribution in [0.15, 0.2) is 5.16 Å². The first-order valence-corrected chi connectivity index (χ1v) is 3.17. The van der Waals surface area contributed by atoms with E-state index >= 15 is 0 Å². The first-order chi connectivity index (χ1) is 4.63. The van der Waals surface area contributed by atoms with Gasteiger partial charge in [-0.25, -0.2) is 4.79 Å². The van der Waals surface area contributed by atoms with Crippen molar-refractivity contribution >= 4 is 11.7 Å². The van der Waals surface area contributed by atoms with Crippen LogP contribution in [0.25, 0.3) is 0 Å². The molecule has 1 heterocycles. The number of nitrogens with zero attached hydrogens (tertiary/aromatic N) is 1. The quantitative estimate of drug-likeness (QED) is 0.519. The summed E-state index contributed by atoms with van der Waals surface area (Å²) in [4.78, 5) is 15.1. The average molecular weight is 142 g/mol. The molecule has 4 heteroatoms. The third-order valence-corrected chi connectivity index (χ3v) is 1.50. The lowest BCUT2D eigenvalue weighted by atomic mass is 10.0. The van der Waals surface area contributed by atoms with E-state index in [9.17, 15) is 4.79 Å². The maximum absolute atomic E-state index is 10.7. The van der Waals surface area contributed by atoms with Crippen molar-refractivity contribution in [3.05, 3.63) is 0 Å². The van der Waals surface area contributed by atoms with E-state index in [1.807, 2.05) is 0 Å². The molecule has 10 heavy (non-hydrogen) atoms. The number of nitrogens with two attached hydrogens (primary N) is 1. The molecule has 0 amide bonds. The van der Waals surface area contributed by atoms with E-state index in [0.29, 0.717) is 5.71 Å². The molecule has 0 saturated heterocycles. The standard InChI is InChI=1S/C6H10N2O2/c1-3-5(4(2)7)8-10-6(3)9/h3-4H,7H2,1-2H3/t3?,4-/m0/s1. The molecule has 2 N–H and O–H groups in total. The Bertz CT molecular complexity index is 186. The molecule has 0 bridgehead atoms. The number of carbonyl (C=O) groups excluding carboxylic acids is 1. The summed E-state index contributed by atoms with van der Waals surface area (Å²) >= 11 is 0. The van der Waals surface area contributed by atoms with Gasteiger partial charge in [-0.05, 0) is 13.8 Å². The van der Waals surface area contributed by atoms with Crippen LogP contribution in [-0.4, -0.2) is 17.7 Å². The van der Waals surface area contributed by atoms with Crippen LogP contribution in [0.1, 0.15) is 13.8 Å². The number of rotatable bonds is 1. The highest BCUT2D eigenvalue weighted by molar-refractivity contribution is 6.06. The largest absolute Gasteiger partial charge is 0.343 e. The molecule has 4 nitrogen and oxygen atoms in total. The van der Waals surface area contributed by atoms with Crippen LogP contribution in [0.2, 0.25) is 0 Å². The minimum atomic E-state index is -0.313. The molecule has 0 saturated carbocycles. The predicted molar refractivity (Wildman–Crippen MR) is 36.3 cm³/mol. The summed E-state index contributed by atoms with van der Waals surface area (Å²) in [5.41, 5.74) is 6.12. The Kier molecular flexibility index (Phi) is 1.72. The SMILES string of the molecule is CC1C(=O)ON=C1[C@H](C)N. The zero-order valence-corrected chi connectivity index (χ0v) is 6.00. The minimum Gasteiger partial charge on any atom is -0.323 e. The average Bonchev–Trinajstić information content (AvgIpc) is 2.14. The molecule has 1 aliphatic rings. The fraction of sp³-hybridized carbons (Fsp3) is 0.667. The first-order valence-electron chi connectivity index (χ1n) is 3.17. The normalized spacial score (nSPS) is 27.7. The monoisotopic (exact) mass is 142 g/mol. The molecule has 1 unspecified atom stereocenters. The molecule has 0 aromatic heterocycles. The van der Waals surface area contributed by atoms with Gasteiger partial charge in [-0.3, -0.25) is 0 Å². The van der Waals surface area contributed by atoms with Crippen LogP contribution in [0.4, 0.5) is 0 Å². The maximum atomic E-state index is 10.7. The molecule has 0 aromatic rings. The second kappa shape index (κ2) is 2.38. The third kappa shape index (κ3) is 1.02. The van der Waals surface area contributed by atoms with E-state index in [1.165, 1.54) is 0 Å². The summed E-state index contributed by atoms with van der Waals surface area (Å²) in [6.07, 6.45) is 0. The van der Waals surface area contributed by atoms with Gasteiger partial charge in [0.05, 0.1) is 11.6 Å². The van der Waals surface area contributed by atoms with Gasteiger partial charge in [0.15, 0.2) is 0 Å². The van der Waals surface area contributed by atoms with Crippen LogP contribution < -0.4 is 5.73 Å². The second-order valence-corrected chi connectivity index (χ2v) is 2.44. The smallest absolute Gasteiger partial charge is 0.323 e. The number of oxime groups is 1. The van der Waals surface area contributed by atoms with E-state index in [2.05, 4.69) is 9.99 Å². The lowest BCUT2D eigenvalue weighted by Gasteiger charge is -2.04. The summed E-state index contributed by atoms with van der Waals surface area (Å²) in [5.74, 6) is -0.577. The van der Waals surface area contributed by atoms with Gasteiger partial charge in [-0.15, -0.1) is 0 Å². The lowest BCUT2D eigenvalue weighted by Crippen LogP contribution is -2.31. The summed E-state index contributed by atoms with van der Waals surface area (Å²) in [7, 11) is 0. The highest BCUT2D eigenvalue weighted by Gasteiger charge is 2.29. The van der Waals surface area contributed by atoms with Crippen molar-refractivity contribution in [2.24, 2.45) is 16.8 Å². The molecule has 0 spiro atoms. The van der Waals surface area contributed by atoms with E-state index in [4.69, 9.17) is 5.73 Å². The Balaban J connectivity index is 2.72. The topological polar surface area (TPSA) is 64.7 Å². The van der Waals surface area contributed by atoms with Gasteiger partial charge in [-0.1, -0.05) is 5.16 Å². The summed E-state index contributed by atoms with van der Waals surface area (Å²) < 4.78 is 0. The van der Waals surface area contributed by atoms with Crippen LogP contribution in [0.3, 0.4) is 0 Å². The molecule has 0 aliphatic carbocycles. The molecule has 1 aliphatic heterocycles. The van der Waals surface area contributed by atoms with E-state index in [0.717, 1.165) is 0 Å². The summed E-state index contributed by atoms with van der Waals surface area (Å²) in [6, 6.07) is -0.193. The fourth-order valence-electron chi connectivity index (χ4n) is 0.854. The van der Waals surface area contributed by atoms with E-state index < -0.39 is 0 Å². The van der Waals surface area contributed by atoms with Crippen molar-refractivity contribution in [2.75, 3.05) is 0 Å². The Hall–Kier alpha value is -0.900. The predicted octanol–water partition coefficient (Wildman–Crippen LogP) is -0.118. The van der Waals surface area contributed by atoms with Gasteiger partial charge < -0.3 is 10.6 Å². The van der Waals surface area contributed by atoms with E-state index in [-0.39, 0.29) is 17.9 Å². The Morgan fingerprint density at radius 1 is 1.80 bits per heavy atom. The van der Waals surface area contributed by atoms with Gasteiger partial charge in [-0.2, -0.15) is 0 Å². The van der Waals surface area contributed by atoms with Crippen molar-refractivity contribution in [3.8, 4) is 0 Å². The van der Waals surface area contributed by atoms with Gasteiger partial charge in [0.1, 0.15) is 0 Å². The summed E-state index contributed by atoms with van der Waals surface area (Å²) in [5, 5.41) is 3.54. The number of carbonyl (C=O) groups is 1. The number of hydrogen-bond acceptors (Lipinski definition) is 4. The zero-order valence-electron chi connectivity index (χ0n) is 6.00. The van der Waals surface area contributed by atoms with Gasteiger partial charge in [0.2, 0.25) is 0 Å². The number of hydrogen-bond donors (Lipinski definition) is 1. The molecule has 0 radical (unpaired) electrons. The molecule has 2 atom stereocenters. The van der Waals surface area contributed by atoms with Gasteiger partial charge >= 0.3 is 5.97 Å². The lowest BCUT2D eigenvalue weighted by molar-refractivity contribution is -0.142. The van der Waals surface area contributed by atoms with Crippen molar-refractivity contribution < 1.29 is 9.63 Å². The fourth-order valence-corrected chi connectivity index (χ4v) is 0.854. The molecule has 0 fully saturated rings. The Labute approximate surface area is 59.0 Å². The van der Waals surface area contributed by atoms with Gasteiger partial charge in [0, 0.05) is 6.04 Å². The molecule has 1 rings (SSSR count). The molecule has 0 aromatic carbocycles. The molecular weight excluding hydrogens is 132 g/mol. The van der Waals surface area contributed by atoms with Crippen LogP contribution >= 0.6 is 0 Å². The van der Waals surface area contributed by atoms with Crippen molar-refractivity contribution in [1.82, 2.24) is 0 Å². The van der Waals surface area contributed by atoms with Gasteiger partial charge in [0.25, 0.3) is 0 Å². The first kappa shape index (κ1) is 7.21. The minimum absolute atomic E-state index is 0.193. The van der Waals surface area contributed by atoms with E-state index in [1.54, 1.807) is 13.8 Å².